The summed E-state index contributed by atoms with van der Waals surface area (Å²) in [6.07, 6.45) is 0. The third-order valence-corrected chi connectivity index (χ3v) is 2.65. The van der Waals surface area contributed by atoms with E-state index in [4.69, 9.17) is 5.73 Å². The maximum absolute atomic E-state index is 9.30. The molecular weight excluding hydrogens is 188 g/mol. The monoisotopic (exact) mass is 204 g/mol. The first-order valence-electron chi connectivity index (χ1n) is 5.14. The Morgan fingerprint density at radius 2 is 2.13 bits per heavy atom. The van der Waals surface area contributed by atoms with Crippen LogP contribution in [-0.2, 0) is 6.61 Å². The summed E-state index contributed by atoms with van der Waals surface area (Å²) in [6.45, 7) is 4.22. The molecule has 2 aromatic rings. The quantitative estimate of drug-likeness (QED) is 0.737. The van der Waals surface area contributed by atoms with Crippen molar-refractivity contribution < 1.29 is 5.11 Å². The average Bonchev–Trinajstić information content (AvgIpc) is 2.57. The lowest BCUT2D eigenvalue weighted by molar-refractivity contribution is 0.269. The van der Waals surface area contributed by atoms with Crippen molar-refractivity contribution in [3.8, 4) is 0 Å². The second kappa shape index (κ2) is 3.59. The highest BCUT2D eigenvalue weighted by Crippen LogP contribution is 2.28. The maximum Gasteiger partial charge on any atom is 0.0833 e. The number of nitrogen functional groups attached to an aromatic ring is 1. The number of benzene rings is 1. The number of fused-ring (bicyclic) bond motifs is 1. The smallest absolute Gasteiger partial charge is 0.0833 e. The van der Waals surface area contributed by atoms with E-state index in [1.807, 2.05) is 24.3 Å². The van der Waals surface area contributed by atoms with Crippen molar-refractivity contribution >= 4 is 16.6 Å². The van der Waals surface area contributed by atoms with Crippen LogP contribution in [0, 0.1) is 0 Å². The first kappa shape index (κ1) is 10.1. The molecule has 1 heterocycles. The molecule has 0 amide bonds. The predicted molar refractivity (Wildman–Crippen MR) is 62.7 cm³/mol. The SMILES string of the molecule is CC(C)n1c(CO)cc2cccc(N)c21. The molecule has 3 nitrogen and oxygen atoms in total. The van der Waals surface area contributed by atoms with Crippen LogP contribution in [0.5, 0.6) is 0 Å². The molecule has 1 aromatic heterocycles. The molecule has 0 aliphatic heterocycles. The van der Waals surface area contributed by atoms with Gasteiger partial charge in [0.2, 0.25) is 0 Å². The number of anilines is 1. The van der Waals surface area contributed by atoms with E-state index in [0.717, 1.165) is 22.3 Å². The van der Waals surface area contributed by atoms with Crippen LogP contribution >= 0.6 is 0 Å². The molecule has 0 spiro atoms. The Labute approximate surface area is 89.1 Å². The van der Waals surface area contributed by atoms with Crippen molar-refractivity contribution in [2.75, 3.05) is 5.73 Å². The highest BCUT2D eigenvalue weighted by atomic mass is 16.3. The molecule has 0 atom stereocenters. The molecule has 3 heteroatoms. The second-order valence-electron chi connectivity index (χ2n) is 4.04. The third kappa shape index (κ3) is 1.49. The van der Waals surface area contributed by atoms with Crippen molar-refractivity contribution in [2.24, 2.45) is 0 Å². The fourth-order valence-corrected chi connectivity index (χ4v) is 2.08. The summed E-state index contributed by atoms with van der Waals surface area (Å²) in [5, 5.41) is 10.4. The van der Waals surface area contributed by atoms with E-state index in [0.29, 0.717) is 6.04 Å². The number of nitrogens with two attached hydrogens (primary N) is 1. The average molecular weight is 204 g/mol. The minimum atomic E-state index is 0.0479. The van der Waals surface area contributed by atoms with Crippen LogP contribution in [0.15, 0.2) is 24.3 Å². The molecule has 3 N–H and O–H groups in total. The van der Waals surface area contributed by atoms with Crippen molar-refractivity contribution in [1.29, 1.82) is 0 Å². The number of para-hydroxylation sites is 1. The van der Waals surface area contributed by atoms with Gasteiger partial charge in [0, 0.05) is 17.1 Å². The third-order valence-electron chi connectivity index (χ3n) is 2.65. The van der Waals surface area contributed by atoms with Gasteiger partial charge in [0.05, 0.1) is 17.8 Å². The summed E-state index contributed by atoms with van der Waals surface area (Å²) >= 11 is 0. The normalized spacial score (nSPS) is 11.5. The van der Waals surface area contributed by atoms with Gasteiger partial charge in [0.1, 0.15) is 0 Å². The van der Waals surface area contributed by atoms with Crippen LogP contribution in [0.1, 0.15) is 25.6 Å². The van der Waals surface area contributed by atoms with Crippen molar-refractivity contribution in [3.63, 3.8) is 0 Å². The van der Waals surface area contributed by atoms with Gasteiger partial charge in [-0.05, 0) is 26.0 Å². The molecule has 0 aliphatic carbocycles. The minimum absolute atomic E-state index is 0.0479. The highest BCUT2D eigenvalue weighted by molar-refractivity contribution is 5.91. The van der Waals surface area contributed by atoms with Gasteiger partial charge in [-0.25, -0.2) is 0 Å². The van der Waals surface area contributed by atoms with Crippen LogP contribution < -0.4 is 5.73 Å². The topological polar surface area (TPSA) is 51.2 Å². The molecule has 0 saturated carbocycles. The van der Waals surface area contributed by atoms with E-state index in [1.165, 1.54) is 0 Å². The van der Waals surface area contributed by atoms with Gasteiger partial charge in [-0.2, -0.15) is 0 Å². The first-order chi connectivity index (χ1) is 7.15. The van der Waals surface area contributed by atoms with Crippen LogP contribution in [0.3, 0.4) is 0 Å². The Morgan fingerprint density at radius 1 is 1.40 bits per heavy atom. The Bertz CT molecular complexity index is 486. The Hall–Kier alpha value is -1.48. The van der Waals surface area contributed by atoms with Crippen LogP contribution in [-0.4, -0.2) is 9.67 Å². The standard InChI is InChI=1S/C12H16N2O/c1-8(2)14-10(7-15)6-9-4-3-5-11(13)12(9)14/h3-6,8,15H,7,13H2,1-2H3. The molecule has 1 aromatic carbocycles. The van der Waals surface area contributed by atoms with Gasteiger partial charge in [-0.3, -0.25) is 0 Å². The summed E-state index contributed by atoms with van der Waals surface area (Å²) in [6, 6.07) is 8.13. The van der Waals surface area contributed by atoms with Gasteiger partial charge in [-0.1, -0.05) is 12.1 Å². The van der Waals surface area contributed by atoms with Crippen LogP contribution in [0.2, 0.25) is 0 Å². The van der Waals surface area contributed by atoms with E-state index in [9.17, 15) is 5.11 Å². The number of aromatic nitrogens is 1. The predicted octanol–water partition coefficient (Wildman–Crippen LogP) is 2.30. The number of hydrogen-bond acceptors (Lipinski definition) is 2. The van der Waals surface area contributed by atoms with Gasteiger partial charge in [-0.15, -0.1) is 0 Å². The Kier molecular flexibility index (Phi) is 2.40. The van der Waals surface area contributed by atoms with Gasteiger partial charge >= 0.3 is 0 Å². The fourth-order valence-electron chi connectivity index (χ4n) is 2.08. The van der Waals surface area contributed by atoms with E-state index < -0.39 is 0 Å². The highest BCUT2D eigenvalue weighted by Gasteiger charge is 2.12. The van der Waals surface area contributed by atoms with E-state index in [2.05, 4.69) is 18.4 Å². The summed E-state index contributed by atoms with van der Waals surface area (Å²) < 4.78 is 2.09. The van der Waals surface area contributed by atoms with Crippen molar-refractivity contribution in [2.45, 2.75) is 26.5 Å². The molecule has 2 rings (SSSR count). The lowest BCUT2D eigenvalue weighted by Crippen LogP contribution is -2.06. The number of rotatable bonds is 2. The number of aliphatic hydroxyl groups excluding tert-OH is 1. The molecule has 0 bridgehead atoms. The lowest BCUT2D eigenvalue weighted by atomic mass is 10.2. The number of hydrogen-bond donors (Lipinski definition) is 2. The molecule has 15 heavy (non-hydrogen) atoms. The zero-order chi connectivity index (χ0) is 11.0. The lowest BCUT2D eigenvalue weighted by Gasteiger charge is -2.14. The summed E-state index contributed by atoms with van der Waals surface area (Å²) in [7, 11) is 0. The van der Waals surface area contributed by atoms with Gasteiger partial charge < -0.3 is 15.4 Å². The van der Waals surface area contributed by atoms with Gasteiger partial charge in [0.25, 0.3) is 0 Å². The van der Waals surface area contributed by atoms with E-state index in [1.54, 1.807) is 0 Å². The largest absolute Gasteiger partial charge is 0.397 e. The summed E-state index contributed by atoms with van der Waals surface area (Å²) in [5.41, 5.74) is 8.66. The maximum atomic E-state index is 9.30. The molecule has 0 saturated heterocycles. The molecular formula is C12H16N2O. The number of aliphatic hydroxyl groups is 1. The van der Waals surface area contributed by atoms with Crippen molar-refractivity contribution in [1.82, 2.24) is 4.57 Å². The first-order valence-corrected chi connectivity index (χ1v) is 5.14. The molecule has 80 valence electrons. The molecule has 0 aliphatic rings. The molecule has 0 unspecified atom stereocenters. The minimum Gasteiger partial charge on any atom is -0.397 e. The second-order valence-corrected chi connectivity index (χ2v) is 4.04. The van der Waals surface area contributed by atoms with Gasteiger partial charge in [0.15, 0.2) is 0 Å². The molecule has 0 radical (unpaired) electrons. The Balaban J connectivity index is 2.82. The van der Waals surface area contributed by atoms with Crippen LogP contribution in [0.4, 0.5) is 5.69 Å². The number of nitrogens with zero attached hydrogens (tertiary/aromatic N) is 1. The zero-order valence-corrected chi connectivity index (χ0v) is 9.07. The van der Waals surface area contributed by atoms with Crippen LogP contribution in [0.25, 0.3) is 10.9 Å². The zero-order valence-electron chi connectivity index (χ0n) is 9.07. The summed E-state index contributed by atoms with van der Waals surface area (Å²) in [5.74, 6) is 0. The van der Waals surface area contributed by atoms with E-state index >= 15 is 0 Å². The summed E-state index contributed by atoms with van der Waals surface area (Å²) in [4.78, 5) is 0. The Morgan fingerprint density at radius 3 is 2.73 bits per heavy atom. The fraction of sp³-hybridized carbons (Fsp3) is 0.333. The molecule has 0 fully saturated rings. The van der Waals surface area contributed by atoms with E-state index in [-0.39, 0.29) is 6.61 Å². The van der Waals surface area contributed by atoms with Crippen molar-refractivity contribution in [3.05, 3.63) is 30.0 Å².